The Morgan fingerprint density at radius 2 is 1.29 bits per heavy atom. The van der Waals surface area contributed by atoms with Crippen molar-refractivity contribution in [3.05, 3.63) is 70.8 Å². The molecule has 2 aromatic carbocycles. The summed E-state index contributed by atoms with van der Waals surface area (Å²) in [4.78, 5) is 0. The average molecular weight is 314 g/mol. The van der Waals surface area contributed by atoms with E-state index in [1.807, 2.05) is 6.92 Å². The highest BCUT2D eigenvalue weighted by Gasteiger charge is 1.94. The van der Waals surface area contributed by atoms with E-state index in [0.29, 0.717) is 0 Å². The van der Waals surface area contributed by atoms with Crippen LogP contribution in [-0.4, -0.2) is 0 Å². The molecule has 0 spiro atoms. The van der Waals surface area contributed by atoms with E-state index >= 15 is 0 Å². The first kappa shape index (κ1) is 17.9. The van der Waals surface area contributed by atoms with Gasteiger partial charge < -0.3 is 0 Å². The lowest BCUT2D eigenvalue weighted by atomic mass is 10.0. The van der Waals surface area contributed by atoms with E-state index in [1.54, 1.807) is 0 Å². The van der Waals surface area contributed by atoms with Crippen LogP contribution in [0.15, 0.2) is 48.5 Å². The van der Waals surface area contributed by atoms with Crippen LogP contribution in [0.2, 0.25) is 0 Å². The summed E-state index contributed by atoms with van der Waals surface area (Å²) in [5.74, 6) is 12.5. The predicted molar refractivity (Wildman–Crippen MR) is 104 cm³/mol. The lowest BCUT2D eigenvalue weighted by Crippen LogP contribution is -1.86. The van der Waals surface area contributed by atoms with Gasteiger partial charge >= 0.3 is 0 Å². The van der Waals surface area contributed by atoms with Gasteiger partial charge in [0.05, 0.1) is 0 Å². The van der Waals surface area contributed by atoms with E-state index in [1.165, 1.54) is 43.2 Å². The van der Waals surface area contributed by atoms with Crippen LogP contribution in [0, 0.1) is 23.7 Å². The van der Waals surface area contributed by atoms with Gasteiger partial charge in [0.25, 0.3) is 0 Å². The third-order valence-corrected chi connectivity index (χ3v) is 4.05. The average Bonchev–Trinajstić information content (AvgIpc) is 2.64. The summed E-state index contributed by atoms with van der Waals surface area (Å²) in [7, 11) is 0. The Balaban J connectivity index is 1.91. The van der Waals surface area contributed by atoms with Gasteiger partial charge in [-0.25, -0.2) is 0 Å². The zero-order chi connectivity index (χ0) is 17.0. The topological polar surface area (TPSA) is 0 Å². The van der Waals surface area contributed by atoms with Gasteiger partial charge in [0.2, 0.25) is 0 Å². The standard InChI is InChI=1S/C24H26/c1-3-5-7-8-10-22-13-17-24(18-14-22)20-19-23-15-11-21(12-16-23)9-6-4-2/h11-18H,3,5,7-10H2,1-2H3. The van der Waals surface area contributed by atoms with Crippen molar-refractivity contribution in [3.8, 4) is 23.7 Å². The summed E-state index contributed by atoms with van der Waals surface area (Å²) in [5.41, 5.74) is 4.78. The van der Waals surface area contributed by atoms with Gasteiger partial charge in [0.15, 0.2) is 0 Å². The molecule has 0 nitrogen and oxygen atoms in total. The van der Waals surface area contributed by atoms with Crippen LogP contribution < -0.4 is 0 Å². The Morgan fingerprint density at radius 3 is 1.83 bits per heavy atom. The highest BCUT2D eigenvalue weighted by atomic mass is 14.0. The summed E-state index contributed by atoms with van der Waals surface area (Å²) < 4.78 is 0. The summed E-state index contributed by atoms with van der Waals surface area (Å²) in [5, 5.41) is 0. The molecule has 0 aliphatic rings. The third-order valence-electron chi connectivity index (χ3n) is 4.05. The summed E-state index contributed by atoms with van der Waals surface area (Å²) >= 11 is 0. The number of rotatable bonds is 6. The van der Waals surface area contributed by atoms with Crippen LogP contribution in [0.25, 0.3) is 0 Å². The summed E-state index contributed by atoms with van der Waals surface area (Å²) in [6, 6.07) is 17.0. The van der Waals surface area contributed by atoms with Crippen molar-refractivity contribution in [1.82, 2.24) is 0 Å². The van der Waals surface area contributed by atoms with Gasteiger partial charge in [-0.1, -0.05) is 68.2 Å². The quantitative estimate of drug-likeness (QED) is 0.468. The maximum Gasteiger partial charge on any atom is 0.0340 e. The molecule has 0 saturated carbocycles. The molecule has 0 aromatic heterocycles. The van der Waals surface area contributed by atoms with Gasteiger partial charge in [0.1, 0.15) is 0 Å². The fraction of sp³-hybridized carbons (Fsp3) is 0.333. The highest BCUT2D eigenvalue weighted by Crippen LogP contribution is 2.10. The molecule has 0 N–H and O–H groups in total. The van der Waals surface area contributed by atoms with Crippen LogP contribution in [0.5, 0.6) is 0 Å². The molecule has 0 saturated heterocycles. The van der Waals surface area contributed by atoms with Crippen molar-refractivity contribution in [2.24, 2.45) is 0 Å². The predicted octanol–water partition coefficient (Wildman–Crippen LogP) is 5.78. The Hall–Kier alpha value is -2.44. The maximum atomic E-state index is 3.25. The molecule has 24 heavy (non-hydrogen) atoms. The van der Waals surface area contributed by atoms with Crippen molar-refractivity contribution < 1.29 is 0 Å². The molecule has 0 fully saturated rings. The van der Waals surface area contributed by atoms with Gasteiger partial charge in [0, 0.05) is 17.5 Å². The normalized spacial score (nSPS) is 9.58. The Morgan fingerprint density at radius 1 is 0.708 bits per heavy atom. The molecule has 0 heterocycles. The molecule has 2 aromatic rings. The molecule has 0 unspecified atom stereocenters. The molecular formula is C24H26. The SMILES string of the molecule is CC#CCc1ccc(C#Cc2ccc(CCCCCC)cc2)cc1. The Kier molecular flexibility index (Phi) is 7.73. The minimum Gasteiger partial charge on any atom is -0.106 e. The highest BCUT2D eigenvalue weighted by molar-refractivity contribution is 5.44. The Labute approximate surface area is 147 Å². The largest absolute Gasteiger partial charge is 0.106 e. The van der Waals surface area contributed by atoms with Crippen LogP contribution in [0.1, 0.15) is 61.8 Å². The van der Waals surface area contributed by atoms with E-state index in [9.17, 15) is 0 Å². The van der Waals surface area contributed by atoms with Crippen molar-refractivity contribution in [1.29, 1.82) is 0 Å². The van der Waals surface area contributed by atoms with Crippen molar-refractivity contribution in [2.75, 3.05) is 0 Å². The van der Waals surface area contributed by atoms with Gasteiger partial charge in [-0.15, -0.1) is 5.92 Å². The molecular weight excluding hydrogens is 288 g/mol. The molecule has 0 aliphatic heterocycles. The fourth-order valence-corrected chi connectivity index (χ4v) is 2.55. The molecule has 2 rings (SSSR count). The van der Waals surface area contributed by atoms with Gasteiger partial charge in [-0.2, -0.15) is 0 Å². The van der Waals surface area contributed by atoms with Crippen LogP contribution >= 0.6 is 0 Å². The summed E-state index contributed by atoms with van der Waals surface area (Å²) in [6.45, 7) is 4.12. The second kappa shape index (κ2) is 10.4. The third kappa shape index (κ3) is 6.36. The first-order chi connectivity index (χ1) is 11.8. The van der Waals surface area contributed by atoms with Gasteiger partial charge in [-0.05, 0) is 55.2 Å². The smallest absolute Gasteiger partial charge is 0.0340 e. The zero-order valence-corrected chi connectivity index (χ0v) is 14.9. The Bertz CT molecular complexity index is 725. The number of hydrogen-bond acceptors (Lipinski definition) is 0. The number of benzene rings is 2. The first-order valence-electron chi connectivity index (χ1n) is 8.91. The van der Waals surface area contributed by atoms with Gasteiger partial charge in [-0.3, -0.25) is 0 Å². The molecule has 0 radical (unpaired) electrons. The summed E-state index contributed by atoms with van der Waals surface area (Å²) in [6.07, 6.45) is 7.24. The second-order valence-corrected chi connectivity index (χ2v) is 6.06. The minimum atomic E-state index is 0.809. The molecule has 0 heteroatoms. The molecule has 0 amide bonds. The van der Waals surface area contributed by atoms with Crippen LogP contribution in [0.3, 0.4) is 0 Å². The van der Waals surface area contributed by atoms with Crippen molar-refractivity contribution in [2.45, 2.75) is 52.4 Å². The minimum absolute atomic E-state index is 0.809. The molecule has 0 aliphatic carbocycles. The van der Waals surface area contributed by atoms with E-state index in [4.69, 9.17) is 0 Å². The lowest BCUT2D eigenvalue weighted by Gasteiger charge is -2.01. The van der Waals surface area contributed by atoms with E-state index in [0.717, 1.165) is 17.5 Å². The van der Waals surface area contributed by atoms with Crippen molar-refractivity contribution >= 4 is 0 Å². The molecule has 0 atom stereocenters. The second-order valence-electron chi connectivity index (χ2n) is 6.06. The number of unbranched alkanes of at least 4 members (excludes halogenated alkanes) is 3. The lowest BCUT2D eigenvalue weighted by molar-refractivity contribution is 0.667. The first-order valence-corrected chi connectivity index (χ1v) is 8.91. The zero-order valence-electron chi connectivity index (χ0n) is 14.9. The fourth-order valence-electron chi connectivity index (χ4n) is 2.55. The van der Waals surface area contributed by atoms with Crippen molar-refractivity contribution in [3.63, 3.8) is 0 Å². The number of aryl methyl sites for hydroxylation is 1. The monoisotopic (exact) mass is 314 g/mol. The molecule has 122 valence electrons. The van der Waals surface area contributed by atoms with E-state index < -0.39 is 0 Å². The maximum absolute atomic E-state index is 3.25. The number of hydrogen-bond donors (Lipinski definition) is 0. The molecule has 0 bridgehead atoms. The van der Waals surface area contributed by atoms with Crippen LogP contribution in [0.4, 0.5) is 0 Å². The van der Waals surface area contributed by atoms with Crippen LogP contribution in [-0.2, 0) is 12.8 Å². The van der Waals surface area contributed by atoms with E-state index in [2.05, 4.69) is 79.1 Å². The van der Waals surface area contributed by atoms with E-state index in [-0.39, 0.29) is 0 Å².